The number of hydrogen-bond acceptors (Lipinski definition) is 6. The van der Waals surface area contributed by atoms with E-state index in [1.807, 2.05) is 28.9 Å². The van der Waals surface area contributed by atoms with Crippen LogP contribution in [0.4, 0.5) is 22.1 Å². The number of pyridine rings is 1. The Morgan fingerprint density at radius 1 is 0.508 bits per heavy atom. The zero-order valence-electron chi connectivity index (χ0n) is 37.5. The van der Waals surface area contributed by atoms with Crippen molar-refractivity contribution in [2.24, 2.45) is 0 Å². The van der Waals surface area contributed by atoms with Crippen LogP contribution in [0.3, 0.4) is 0 Å². The van der Waals surface area contributed by atoms with Crippen molar-refractivity contribution in [2.45, 2.75) is 78.6 Å². The molecule has 63 heavy (non-hydrogen) atoms. The number of nitrogens with zero attached hydrogens (tertiary/aromatic N) is 4. The smallest absolute Gasteiger partial charge is 0.137 e. The number of rotatable bonds is 5. The van der Waals surface area contributed by atoms with E-state index in [1.54, 1.807) is 0 Å². The fourth-order valence-electron chi connectivity index (χ4n) is 9.23. The summed E-state index contributed by atoms with van der Waals surface area (Å²) in [5.41, 5.74) is 9.76. The minimum atomic E-state index is -0.0328. The molecule has 11 rings (SSSR count). The fraction of sp³-hybridized carbons (Fsp3) is 0.232. The highest BCUT2D eigenvalue weighted by Gasteiger charge is 2.34. The third-order valence-corrected chi connectivity index (χ3v) is 15.1. The molecule has 0 spiro atoms. The molecule has 5 heterocycles. The molecule has 0 amide bonds. The molecule has 314 valence electrons. The van der Waals surface area contributed by atoms with Crippen molar-refractivity contribution in [3.63, 3.8) is 0 Å². The van der Waals surface area contributed by atoms with Crippen LogP contribution in [0, 0.1) is 0 Å². The number of benzene rings is 6. The highest BCUT2D eigenvalue weighted by Crippen LogP contribution is 2.54. The van der Waals surface area contributed by atoms with Gasteiger partial charge in [-0.05, 0) is 99.7 Å². The second-order valence-corrected chi connectivity index (χ2v) is 22.3. The summed E-state index contributed by atoms with van der Waals surface area (Å²) >= 11 is 3.71. The van der Waals surface area contributed by atoms with Gasteiger partial charge >= 0.3 is 0 Å². The van der Waals surface area contributed by atoms with Crippen molar-refractivity contribution < 1.29 is 4.74 Å². The first-order valence-electron chi connectivity index (χ1n) is 22.0. The maximum Gasteiger partial charge on any atom is 0.137 e. The van der Waals surface area contributed by atoms with Crippen molar-refractivity contribution in [1.29, 1.82) is 0 Å². The van der Waals surface area contributed by atoms with E-state index in [2.05, 4.69) is 210 Å². The van der Waals surface area contributed by atoms with Gasteiger partial charge in [-0.15, -0.1) is 22.7 Å². The van der Waals surface area contributed by atoms with Crippen molar-refractivity contribution in [2.75, 3.05) is 16.5 Å². The number of anilines is 4. The van der Waals surface area contributed by atoms with Crippen molar-refractivity contribution in [3.05, 3.63) is 156 Å². The fourth-order valence-corrected chi connectivity index (χ4v) is 11.6. The van der Waals surface area contributed by atoms with Crippen LogP contribution in [0.15, 0.2) is 140 Å². The number of fused-ring (bicyclic) bond motifs is 10. The Kier molecular flexibility index (Phi) is 8.93. The number of hydrogen-bond donors (Lipinski definition) is 0. The Morgan fingerprint density at radius 3 is 1.90 bits per heavy atom. The Bertz CT molecular complexity index is 3410. The first-order chi connectivity index (χ1) is 30.1. The van der Waals surface area contributed by atoms with Gasteiger partial charge in [-0.25, -0.2) is 4.98 Å². The van der Waals surface area contributed by atoms with E-state index >= 15 is 0 Å². The molecular weight excluding hydrogens is 809 g/mol. The largest absolute Gasteiger partial charge is 0.457 e. The molecule has 0 saturated heterocycles. The van der Waals surface area contributed by atoms with E-state index < -0.39 is 0 Å². The molecule has 0 atom stereocenters. The van der Waals surface area contributed by atoms with Gasteiger partial charge in [0.25, 0.3) is 0 Å². The standard InChI is InChI=1S/C56H52N4OS2/c1-54(2,3)34-25-26-57-49(30-34)60-45-32-40(21-22-41(45)42-23-24-48-50(51(42)60)43-17-10-12-19-46(43)62-48)61-39-16-14-15-37(31-39)59-33-58(52-44-18-11-13-20-47(44)63-53(52)59)38-28-35(55(4,5)6)27-36(29-38)56(7,8)9/h10-32H,33H2,1-9H3. The number of thiophene rings is 2. The lowest BCUT2D eigenvalue weighted by atomic mass is 9.80. The molecule has 6 aromatic carbocycles. The maximum absolute atomic E-state index is 6.89. The van der Waals surface area contributed by atoms with Gasteiger partial charge in [0.05, 0.1) is 16.7 Å². The van der Waals surface area contributed by atoms with Crippen LogP contribution >= 0.6 is 22.7 Å². The number of aromatic nitrogens is 2. The minimum Gasteiger partial charge on any atom is -0.457 e. The second kappa shape index (κ2) is 14.2. The summed E-state index contributed by atoms with van der Waals surface area (Å²) < 4.78 is 13.1. The van der Waals surface area contributed by atoms with Gasteiger partial charge < -0.3 is 14.5 Å². The van der Waals surface area contributed by atoms with Crippen LogP contribution in [0.25, 0.3) is 57.9 Å². The Balaban J connectivity index is 1.02. The third kappa shape index (κ3) is 6.67. The van der Waals surface area contributed by atoms with Crippen LogP contribution in [-0.2, 0) is 16.2 Å². The van der Waals surface area contributed by atoms with E-state index in [9.17, 15) is 0 Å². The predicted octanol–water partition coefficient (Wildman–Crippen LogP) is 16.7. The zero-order chi connectivity index (χ0) is 43.6. The monoisotopic (exact) mass is 860 g/mol. The summed E-state index contributed by atoms with van der Waals surface area (Å²) in [6, 6.07) is 48.9. The van der Waals surface area contributed by atoms with E-state index in [-0.39, 0.29) is 16.2 Å². The molecule has 0 radical (unpaired) electrons. The van der Waals surface area contributed by atoms with Gasteiger partial charge in [0, 0.05) is 70.7 Å². The molecule has 0 fully saturated rings. The molecule has 5 nitrogen and oxygen atoms in total. The lowest BCUT2D eigenvalue weighted by molar-refractivity contribution is 0.483. The Hall–Kier alpha value is -6.15. The van der Waals surface area contributed by atoms with Gasteiger partial charge in [0.15, 0.2) is 0 Å². The molecule has 7 heteroatoms. The molecule has 10 aromatic rings. The highest BCUT2D eigenvalue weighted by molar-refractivity contribution is 7.26. The maximum atomic E-state index is 6.89. The van der Waals surface area contributed by atoms with Gasteiger partial charge in [-0.1, -0.05) is 117 Å². The zero-order valence-corrected chi connectivity index (χ0v) is 39.1. The van der Waals surface area contributed by atoms with E-state index in [0.29, 0.717) is 6.67 Å². The molecule has 0 unspecified atom stereocenters. The molecular formula is C56H52N4OS2. The summed E-state index contributed by atoms with van der Waals surface area (Å²) in [5, 5.41) is 7.44. The molecule has 0 bridgehead atoms. The summed E-state index contributed by atoms with van der Waals surface area (Å²) in [4.78, 5) is 10.0. The van der Waals surface area contributed by atoms with E-state index in [1.165, 1.54) is 79.6 Å². The molecule has 0 saturated carbocycles. The molecule has 4 aromatic heterocycles. The average Bonchev–Trinajstić information content (AvgIpc) is 4.01. The predicted molar refractivity (Wildman–Crippen MR) is 271 cm³/mol. The van der Waals surface area contributed by atoms with Gasteiger partial charge in [-0.2, -0.15) is 0 Å². The lowest BCUT2D eigenvalue weighted by Crippen LogP contribution is -2.25. The third-order valence-electron chi connectivity index (χ3n) is 12.8. The number of ether oxygens (including phenoxy) is 1. The Labute approximate surface area is 377 Å². The van der Waals surface area contributed by atoms with Crippen molar-refractivity contribution >= 4 is 96.8 Å². The lowest BCUT2D eigenvalue weighted by Gasteiger charge is -2.29. The van der Waals surface area contributed by atoms with Gasteiger partial charge in [-0.3, -0.25) is 4.57 Å². The quantitative estimate of drug-likeness (QED) is 0.173. The van der Waals surface area contributed by atoms with Crippen LogP contribution in [0.2, 0.25) is 0 Å². The van der Waals surface area contributed by atoms with Gasteiger partial charge in [0.1, 0.15) is 29.0 Å². The summed E-state index contributed by atoms with van der Waals surface area (Å²) in [5.74, 6) is 2.48. The second-order valence-electron chi connectivity index (χ2n) is 20.2. The van der Waals surface area contributed by atoms with Crippen LogP contribution in [0.5, 0.6) is 11.5 Å². The Morgan fingerprint density at radius 2 is 1.17 bits per heavy atom. The van der Waals surface area contributed by atoms with Crippen molar-refractivity contribution in [1.82, 2.24) is 9.55 Å². The highest BCUT2D eigenvalue weighted by atomic mass is 32.1. The topological polar surface area (TPSA) is 33.5 Å². The summed E-state index contributed by atoms with van der Waals surface area (Å²) in [7, 11) is 0. The van der Waals surface area contributed by atoms with Crippen LogP contribution < -0.4 is 14.5 Å². The summed E-state index contributed by atoms with van der Waals surface area (Å²) in [6.45, 7) is 21.4. The minimum absolute atomic E-state index is 0.00944. The molecule has 0 N–H and O–H groups in total. The average molecular weight is 861 g/mol. The van der Waals surface area contributed by atoms with Crippen LogP contribution in [-0.4, -0.2) is 16.2 Å². The normalized spacial score (nSPS) is 13.7. The SMILES string of the molecule is CC(C)(C)c1cc(N2CN(c3cccc(Oc4ccc5c6ccc7sc8ccccc8c7c6n(-c6cc(C(C)(C)C)ccn6)c5c4)c3)c3sc4ccccc4c32)cc(C(C)(C)C)c1. The molecule has 1 aliphatic heterocycles. The van der Waals surface area contributed by atoms with E-state index in [4.69, 9.17) is 9.72 Å². The van der Waals surface area contributed by atoms with E-state index in [0.717, 1.165) is 28.5 Å². The first-order valence-corrected chi connectivity index (χ1v) is 23.6. The molecule has 0 aliphatic carbocycles. The molecule has 1 aliphatic rings. The van der Waals surface area contributed by atoms with Crippen LogP contribution in [0.1, 0.15) is 79.0 Å². The summed E-state index contributed by atoms with van der Waals surface area (Å²) in [6.07, 6.45) is 1.96. The van der Waals surface area contributed by atoms with Gasteiger partial charge in [0.2, 0.25) is 0 Å². The van der Waals surface area contributed by atoms with Crippen molar-refractivity contribution in [3.8, 4) is 17.3 Å². The first kappa shape index (κ1) is 39.7.